The molecule has 7 nitrogen and oxygen atoms in total. The summed E-state index contributed by atoms with van der Waals surface area (Å²) >= 11 is 0. The van der Waals surface area contributed by atoms with Crippen molar-refractivity contribution in [2.45, 2.75) is 25.7 Å². The summed E-state index contributed by atoms with van der Waals surface area (Å²) in [5.41, 5.74) is 5.96. The Balaban J connectivity index is 1.59. The fourth-order valence-corrected chi connectivity index (χ4v) is 3.74. The molecule has 2 fully saturated rings. The fraction of sp³-hybridized carbons (Fsp3) is 0.556. The van der Waals surface area contributed by atoms with Gasteiger partial charge in [-0.25, -0.2) is 4.98 Å². The first kappa shape index (κ1) is 17.2. The van der Waals surface area contributed by atoms with Crippen molar-refractivity contribution in [1.29, 1.82) is 5.26 Å². The molecule has 0 unspecified atom stereocenters. The predicted octanol–water partition coefficient (Wildman–Crippen LogP) is 0.894. The lowest BCUT2D eigenvalue weighted by molar-refractivity contribution is -0.139. The molecule has 1 aromatic rings. The quantitative estimate of drug-likeness (QED) is 0.879. The molecular formula is C18H23N5O2. The van der Waals surface area contributed by atoms with Gasteiger partial charge in [-0.1, -0.05) is 0 Å². The van der Waals surface area contributed by atoms with Crippen molar-refractivity contribution in [3.05, 3.63) is 23.9 Å². The van der Waals surface area contributed by atoms with Crippen LogP contribution in [0.4, 0.5) is 5.82 Å². The third-order valence-corrected chi connectivity index (χ3v) is 5.19. The van der Waals surface area contributed by atoms with Gasteiger partial charge in [0.05, 0.1) is 11.5 Å². The largest absolute Gasteiger partial charge is 0.369 e. The van der Waals surface area contributed by atoms with Crippen molar-refractivity contribution < 1.29 is 9.59 Å². The Kier molecular flexibility index (Phi) is 5.17. The van der Waals surface area contributed by atoms with Gasteiger partial charge in [-0.15, -0.1) is 0 Å². The van der Waals surface area contributed by atoms with E-state index in [9.17, 15) is 14.9 Å². The Bertz CT molecular complexity index is 691. The fourth-order valence-electron chi connectivity index (χ4n) is 3.74. The van der Waals surface area contributed by atoms with Crippen LogP contribution in [0.1, 0.15) is 31.2 Å². The highest BCUT2D eigenvalue weighted by atomic mass is 16.2. The zero-order valence-corrected chi connectivity index (χ0v) is 14.2. The maximum Gasteiger partial charge on any atom is 0.225 e. The van der Waals surface area contributed by atoms with Crippen LogP contribution in [-0.2, 0) is 9.59 Å². The summed E-state index contributed by atoms with van der Waals surface area (Å²) in [6.07, 6.45) is 4.76. The monoisotopic (exact) mass is 341 g/mol. The summed E-state index contributed by atoms with van der Waals surface area (Å²) in [4.78, 5) is 32.4. The zero-order valence-electron chi connectivity index (χ0n) is 14.2. The Morgan fingerprint density at radius 3 is 2.64 bits per heavy atom. The number of likely N-dealkylation sites (tertiary alicyclic amines) is 1. The molecule has 3 heterocycles. The molecule has 0 saturated carbocycles. The molecule has 2 aliphatic rings. The van der Waals surface area contributed by atoms with Gasteiger partial charge in [0.1, 0.15) is 11.9 Å². The number of nitrogens with zero attached hydrogens (tertiary/aromatic N) is 4. The van der Waals surface area contributed by atoms with Crippen LogP contribution in [0.2, 0.25) is 0 Å². The molecule has 0 aromatic carbocycles. The van der Waals surface area contributed by atoms with Crippen LogP contribution in [-0.4, -0.2) is 47.9 Å². The van der Waals surface area contributed by atoms with Gasteiger partial charge in [0.2, 0.25) is 11.8 Å². The SMILES string of the molecule is N#Cc1cccnc1N1CCC(C(=O)N2CCC[C@@H](C(N)=O)C2)CC1. The molecule has 0 bridgehead atoms. The van der Waals surface area contributed by atoms with Gasteiger partial charge in [0.25, 0.3) is 0 Å². The lowest BCUT2D eigenvalue weighted by atomic mass is 9.92. The number of anilines is 1. The van der Waals surface area contributed by atoms with E-state index in [1.807, 2.05) is 0 Å². The lowest BCUT2D eigenvalue weighted by Gasteiger charge is -2.37. The highest BCUT2D eigenvalue weighted by molar-refractivity contribution is 5.81. The van der Waals surface area contributed by atoms with Crippen LogP contribution >= 0.6 is 0 Å². The van der Waals surface area contributed by atoms with E-state index >= 15 is 0 Å². The van der Waals surface area contributed by atoms with Gasteiger partial charge in [-0.3, -0.25) is 9.59 Å². The summed E-state index contributed by atoms with van der Waals surface area (Å²) < 4.78 is 0. The summed E-state index contributed by atoms with van der Waals surface area (Å²) in [5, 5.41) is 9.21. The number of pyridine rings is 1. The molecule has 0 spiro atoms. The molecule has 2 amide bonds. The van der Waals surface area contributed by atoms with Crippen LogP contribution in [0.3, 0.4) is 0 Å². The molecule has 3 rings (SSSR count). The number of amides is 2. The van der Waals surface area contributed by atoms with E-state index in [-0.39, 0.29) is 23.7 Å². The van der Waals surface area contributed by atoms with Crippen molar-refractivity contribution >= 4 is 17.6 Å². The number of aromatic nitrogens is 1. The molecule has 25 heavy (non-hydrogen) atoms. The highest BCUT2D eigenvalue weighted by Crippen LogP contribution is 2.27. The van der Waals surface area contributed by atoms with Crippen LogP contribution in [0.15, 0.2) is 18.3 Å². The summed E-state index contributed by atoms with van der Waals surface area (Å²) in [6.45, 7) is 2.57. The van der Waals surface area contributed by atoms with Crippen molar-refractivity contribution in [1.82, 2.24) is 9.88 Å². The maximum atomic E-state index is 12.8. The molecule has 0 radical (unpaired) electrons. The Morgan fingerprint density at radius 1 is 1.20 bits per heavy atom. The molecule has 1 atom stereocenters. The molecular weight excluding hydrogens is 318 g/mol. The number of primary amides is 1. The minimum absolute atomic E-state index is 0.0304. The van der Waals surface area contributed by atoms with Crippen molar-refractivity contribution in [2.24, 2.45) is 17.6 Å². The van der Waals surface area contributed by atoms with Gasteiger partial charge in [0, 0.05) is 38.3 Å². The average molecular weight is 341 g/mol. The number of hydrogen-bond acceptors (Lipinski definition) is 5. The second-order valence-electron chi connectivity index (χ2n) is 6.77. The molecule has 1 aromatic heterocycles. The van der Waals surface area contributed by atoms with Gasteiger partial charge >= 0.3 is 0 Å². The highest BCUT2D eigenvalue weighted by Gasteiger charge is 2.33. The third kappa shape index (κ3) is 3.73. The first-order chi connectivity index (χ1) is 12.1. The van der Waals surface area contributed by atoms with Gasteiger partial charge in [0.15, 0.2) is 0 Å². The second kappa shape index (κ2) is 7.51. The molecule has 7 heteroatoms. The zero-order chi connectivity index (χ0) is 17.8. The van der Waals surface area contributed by atoms with Gasteiger partial charge in [-0.05, 0) is 37.8 Å². The molecule has 2 saturated heterocycles. The number of nitrogens with two attached hydrogens (primary N) is 1. The molecule has 132 valence electrons. The van der Waals surface area contributed by atoms with E-state index in [2.05, 4.69) is 16.0 Å². The topological polar surface area (TPSA) is 103 Å². The summed E-state index contributed by atoms with van der Waals surface area (Å²) in [5.74, 6) is 0.267. The number of rotatable bonds is 3. The minimum Gasteiger partial charge on any atom is -0.369 e. The Hall–Kier alpha value is -2.62. The van der Waals surface area contributed by atoms with Crippen LogP contribution in [0.5, 0.6) is 0 Å². The smallest absolute Gasteiger partial charge is 0.225 e. The average Bonchev–Trinajstić information content (AvgIpc) is 2.67. The molecule has 0 aliphatic carbocycles. The lowest BCUT2D eigenvalue weighted by Crippen LogP contribution is -2.48. The van der Waals surface area contributed by atoms with E-state index in [1.54, 1.807) is 23.2 Å². The van der Waals surface area contributed by atoms with Gasteiger partial charge < -0.3 is 15.5 Å². The normalized spacial score (nSPS) is 21.6. The Morgan fingerprint density at radius 2 is 1.96 bits per heavy atom. The third-order valence-electron chi connectivity index (χ3n) is 5.19. The second-order valence-corrected chi connectivity index (χ2v) is 6.77. The number of nitriles is 1. The number of carbonyl (C=O) groups excluding carboxylic acids is 2. The van der Waals surface area contributed by atoms with Crippen LogP contribution in [0, 0.1) is 23.2 Å². The Labute approximate surface area is 147 Å². The summed E-state index contributed by atoms with van der Waals surface area (Å²) in [6, 6.07) is 5.69. The van der Waals surface area contributed by atoms with Crippen molar-refractivity contribution in [2.75, 3.05) is 31.1 Å². The maximum absolute atomic E-state index is 12.8. The first-order valence-corrected chi connectivity index (χ1v) is 8.78. The summed E-state index contributed by atoms with van der Waals surface area (Å²) in [7, 11) is 0. The van der Waals surface area contributed by atoms with E-state index in [4.69, 9.17) is 5.73 Å². The minimum atomic E-state index is -0.313. The predicted molar refractivity (Wildman–Crippen MR) is 92.4 cm³/mol. The first-order valence-electron chi connectivity index (χ1n) is 8.78. The van der Waals surface area contributed by atoms with Gasteiger partial charge in [-0.2, -0.15) is 5.26 Å². The van der Waals surface area contributed by atoms with Crippen molar-refractivity contribution in [3.8, 4) is 6.07 Å². The van der Waals surface area contributed by atoms with E-state index in [1.165, 1.54) is 0 Å². The van der Waals surface area contributed by atoms with Crippen LogP contribution < -0.4 is 10.6 Å². The van der Waals surface area contributed by atoms with E-state index in [0.29, 0.717) is 37.6 Å². The molecule has 2 aliphatic heterocycles. The van der Waals surface area contributed by atoms with E-state index < -0.39 is 0 Å². The molecule has 2 N–H and O–H groups in total. The standard InChI is InChI=1S/C18H23N5O2/c19-11-14-3-1-7-21-17(14)22-9-5-13(6-10-22)18(25)23-8-2-4-15(12-23)16(20)24/h1,3,7,13,15H,2,4-6,8-10,12H2,(H2,20,24)/t15-/m1/s1. The van der Waals surface area contributed by atoms with Crippen LogP contribution in [0.25, 0.3) is 0 Å². The van der Waals surface area contributed by atoms with E-state index in [0.717, 1.165) is 25.7 Å². The number of carbonyl (C=O) groups is 2. The number of hydrogen-bond donors (Lipinski definition) is 1. The number of piperidine rings is 2. The van der Waals surface area contributed by atoms with Crippen molar-refractivity contribution in [3.63, 3.8) is 0 Å².